The van der Waals surface area contributed by atoms with Gasteiger partial charge in [-0.25, -0.2) is 4.79 Å². The SMILES string of the molecule is CC(OC(=O)NCc1ccc2c(c1)C[15N](C1CCC(=O)NC1=O)C2=O)OC(=O)C(C)C. The third kappa shape index (κ3) is 5.19. The van der Waals surface area contributed by atoms with E-state index in [-0.39, 0.29) is 37.2 Å². The van der Waals surface area contributed by atoms with E-state index in [1.54, 1.807) is 32.0 Å². The van der Waals surface area contributed by atoms with E-state index in [2.05, 4.69) is 10.6 Å². The summed E-state index contributed by atoms with van der Waals surface area (Å²) in [6, 6.07) is 4.46. The molecule has 2 N–H and O–H groups in total. The Morgan fingerprint density at radius 1 is 1.19 bits per heavy atom. The zero-order valence-corrected chi connectivity index (χ0v) is 17.6. The second kappa shape index (κ2) is 9.15. The van der Waals surface area contributed by atoms with Gasteiger partial charge in [0.05, 0.1) is 5.92 Å². The predicted octanol–water partition coefficient (Wildman–Crippen LogP) is 1.22. The fourth-order valence-corrected chi connectivity index (χ4v) is 3.43. The van der Waals surface area contributed by atoms with Crippen molar-refractivity contribution in [3.8, 4) is 0 Å². The Morgan fingerprint density at radius 3 is 2.61 bits per heavy atom. The van der Waals surface area contributed by atoms with E-state index in [1.807, 2.05) is 0 Å². The molecule has 4 amide bonds. The van der Waals surface area contributed by atoms with Crippen LogP contribution in [0.3, 0.4) is 0 Å². The Kier molecular flexibility index (Phi) is 6.57. The van der Waals surface area contributed by atoms with Gasteiger partial charge in [0.15, 0.2) is 0 Å². The number of hydrogen-bond donors (Lipinski definition) is 2. The Hall–Kier alpha value is -3.43. The lowest BCUT2D eigenvalue weighted by Gasteiger charge is -2.29. The zero-order chi connectivity index (χ0) is 22.7. The summed E-state index contributed by atoms with van der Waals surface area (Å²) >= 11 is 0. The average molecular weight is 432 g/mol. The highest BCUT2D eigenvalue weighted by Gasteiger charge is 2.39. The number of imide groups is 1. The summed E-state index contributed by atoms with van der Waals surface area (Å²) in [6.07, 6.45) is -1.27. The van der Waals surface area contributed by atoms with Gasteiger partial charge in [0.1, 0.15) is 6.04 Å². The summed E-state index contributed by atoms with van der Waals surface area (Å²) in [7, 11) is 0. The number of nitrogens with zero attached hydrogens (tertiary/aromatic N) is 1. The summed E-state index contributed by atoms with van der Waals surface area (Å²) < 4.78 is 9.96. The number of esters is 1. The maximum absolute atomic E-state index is 12.7. The van der Waals surface area contributed by atoms with Gasteiger partial charge in [-0.15, -0.1) is 0 Å². The minimum Gasteiger partial charge on any atom is -0.425 e. The van der Waals surface area contributed by atoms with Gasteiger partial charge in [0.2, 0.25) is 18.1 Å². The van der Waals surface area contributed by atoms with Crippen LogP contribution in [0.25, 0.3) is 0 Å². The summed E-state index contributed by atoms with van der Waals surface area (Å²) in [5, 5.41) is 4.84. The summed E-state index contributed by atoms with van der Waals surface area (Å²) in [5.74, 6) is -1.86. The van der Waals surface area contributed by atoms with Crippen molar-refractivity contribution >= 4 is 29.8 Å². The predicted molar refractivity (Wildman–Crippen MR) is 106 cm³/mol. The fourth-order valence-electron chi connectivity index (χ4n) is 3.43. The molecule has 1 aromatic rings. The Balaban J connectivity index is 1.56. The van der Waals surface area contributed by atoms with Crippen molar-refractivity contribution in [2.45, 2.75) is 59.0 Å². The van der Waals surface area contributed by atoms with Gasteiger partial charge in [0.25, 0.3) is 5.91 Å². The number of hydrogen-bond acceptors (Lipinski definition) is 7. The van der Waals surface area contributed by atoms with Crippen LogP contribution in [-0.4, -0.2) is 47.0 Å². The van der Waals surface area contributed by atoms with Crippen molar-refractivity contribution in [1.29, 1.82) is 0 Å². The second-order valence-corrected chi connectivity index (χ2v) is 7.81. The third-order valence-electron chi connectivity index (χ3n) is 5.05. The molecule has 0 bridgehead atoms. The standard InChI is InChI=1S/C21H25N3O7/c1-11(2)20(28)30-12(3)31-21(29)22-9-13-4-5-15-14(8-13)10-24(19(15)27)16-6-7-17(25)23-18(16)26/h4-5,8,11-12,16H,6-7,9-10H2,1-3H3,(H,22,29)(H,23,25,26)/i24+1. The van der Waals surface area contributed by atoms with Crippen LogP contribution in [0.4, 0.5) is 4.79 Å². The van der Waals surface area contributed by atoms with Crippen molar-refractivity contribution in [2.24, 2.45) is 5.92 Å². The molecule has 0 spiro atoms. The van der Waals surface area contributed by atoms with Gasteiger partial charge < -0.3 is 19.7 Å². The van der Waals surface area contributed by atoms with Crippen LogP contribution in [0.2, 0.25) is 0 Å². The number of rotatable bonds is 6. The van der Waals surface area contributed by atoms with Crippen LogP contribution in [-0.2, 0) is 36.9 Å². The molecular formula is C21H25N3O7. The van der Waals surface area contributed by atoms with Gasteiger partial charge >= 0.3 is 12.1 Å². The minimum atomic E-state index is -1.02. The van der Waals surface area contributed by atoms with Crippen molar-refractivity contribution in [3.63, 3.8) is 0 Å². The molecule has 0 aromatic heterocycles. The van der Waals surface area contributed by atoms with Gasteiger partial charge in [-0.1, -0.05) is 26.0 Å². The van der Waals surface area contributed by atoms with Crippen molar-refractivity contribution in [1.82, 2.24) is 15.5 Å². The third-order valence-corrected chi connectivity index (χ3v) is 5.05. The molecule has 166 valence electrons. The molecule has 0 saturated carbocycles. The molecule has 1 aromatic carbocycles. The van der Waals surface area contributed by atoms with E-state index < -0.39 is 30.3 Å². The average Bonchev–Trinajstić information content (AvgIpc) is 3.02. The molecule has 10 heteroatoms. The number of benzene rings is 1. The van der Waals surface area contributed by atoms with Gasteiger partial charge in [0, 0.05) is 32.0 Å². The first-order valence-corrected chi connectivity index (χ1v) is 10.1. The topological polar surface area (TPSA) is 131 Å². The van der Waals surface area contributed by atoms with Crippen LogP contribution >= 0.6 is 0 Å². The normalized spacial score (nSPS) is 19.0. The van der Waals surface area contributed by atoms with Gasteiger partial charge in [-0.2, -0.15) is 0 Å². The number of amides is 4. The van der Waals surface area contributed by atoms with E-state index >= 15 is 0 Å². The van der Waals surface area contributed by atoms with Gasteiger partial charge in [-0.05, 0) is 23.6 Å². The molecule has 0 radical (unpaired) electrons. The Labute approximate surface area is 179 Å². The van der Waals surface area contributed by atoms with Crippen molar-refractivity contribution in [3.05, 3.63) is 34.9 Å². The lowest BCUT2D eigenvalue weighted by atomic mass is 10.1. The van der Waals surface area contributed by atoms with Crippen molar-refractivity contribution in [2.75, 3.05) is 0 Å². The molecule has 3 rings (SSSR count). The van der Waals surface area contributed by atoms with Crippen LogP contribution in [0.15, 0.2) is 18.2 Å². The lowest BCUT2D eigenvalue weighted by Crippen LogP contribution is -2.52. The molecule has 1 fully saturated rings. The molecule has 10 nitrogen and oxygen atoms in total. The Bertz CT molecular complexity index is 928. The van der Waals surface area contributed by atoms with E-state index in [9.17, 15) is 24.0 Å². The highest BCUT2D eigenvalue weighted by atomic mass is 16.7. The van der Waals surface area contributed by atoms with E-state index in [0.717, 1.165) is 11.1 Å². The number of alkyl carbamates (subject to hydrolysis) is 1. The van der Waals surface area contributed by atoms with E-state index in [4.69, 9.17) is 9.47 Å². The highest BCUT2D eigenvalue weighted by Crippen LogP contribution is 2.28. The largest absolute Gasteiger partial charge is 0.425 e. The molecular weight excluding hydrogens is 407 g/mol. The number of carbonyl (C=O) groups excluding carboxylic acids is 5. The van der Waals surface area contributed by atoms with Crippen LogP contribution in [0.5, 0.6) is 0 Å². The maximum Gasteiger partial charge on any atom is 0.410 e. The van der Waals surface area contributed by atoms with E-state index in [0.29, 0.717) is 12.0 Å². The number of ether oxygens (including phenoxy) is 2. The van der Waals surface area contributed by atoms with Gasteiger partial charge in [-0.3, -0.25) is 24.5 Å². The molecule has 2 atom stereocenters. The molecule has 0 aliphatic carbocycles. The van der Waals surface area contributed by atoms with Crippen LogP contribution in [0, 0.1) is 5.92 Å². The van der Waals surface area contributed by atoms with E-state index in [1.165, 1.54) is 11.8 Å². The van der Waals surface area contributed by atoms with Crippen LogP contribution < -0.4 is 10.6 Å². The van der Waals surface area contributed by atoms with Crippen molar-refractivity contribution < 1.29 is 33.4 Å². The molecule has 1 saturated heterocycles. The van der Waals surface area contributed by atoms with Crippen LogP contribution in [0.1, 0.15) is 55.1 Å². The first kappa shape index (κ1) is 22.3. The molecule has 2 unspecified atom stereocenters. The zero-order valence-electron chi connectivity index (χ0n) is 17.6. The quantitative estimate of drug-likeness (QED) is 0.299. The lowest BCUT2D eigenvalue weighted by molar-refractivity contribution is -0.168. The number of nitrogens with one attached hydrogen (secondary N) is 2. The Morgan fingerprint density at radius 2 is 1.94 bits per heavy atom. The molecule has 2 heterocycles. The number of carbonyl (C=O) groups is 5. The smallest absolute Gasteiger partial charge is 0.410 e. The summed E-state index contributed by atoms with van der Waals surface area (Å²) in [4.78, 5) is 61.0. The molecule has 2 aliphatic heterocycles. The minimum absolute atomic E-state index is 0.142. The molecule has 2 aliphatic rings. The summed E-state index contributed by atoms with van der Waals surface area (Å²) in [5.41, 5.74) is 1.97. The highest BCUT2D eigenvalue weighted by molar-refractivity contribution is 6.05. The second-order valence-electron chi connectivity index (χ2n) is 7.81. The number of piperidine rings is 1. The maximum atomic E-state index is 12.7. The molecule has 31 heavy (non-hydrogen) atoms. The first-order chi connectivity index (χ1) is 14.7. The fraction of sp³-hybridized carbons (Fsp3) is 0.476. The monoisotopic (exact) mass is 432 g/mol. The number of fused-ring (bicyclic) bond motifs is 1. The summed E-state index contributed by atoms with van der Waals surface area (Å²) in [6.45, 7) is 5.19. The first-order valence-electron chi connectivity index (χ1n) is 10.1.